The minimum atomic E-state index is -0.848. The van der Waals surface area contributed by atoms with Gasteiger partial charge in [0.1, 0.15) is 0 Å². The molecule has 8 nitrogen and oxygen atoms in total. The molecule has 2 saturated heterocycles. The van der Waals surface area contributed by atoms with Gasteiger partial charge in [0.15, 0.2) is 0 Å². The van der Waals surface area contributed by atoms with Crippen molar-refractivity contribution >= 4 is 23.9 Å². The normalized spacial score (nSPS) is 45.4. The van der Waals surface area contributed by atoms with Crippen LogP contribution < -0.4 is 11.5 Å². The molecule has 5 rings (SSSR count). The summed E-state index contributed by atoms with van der Waals surface area (Å²) in [6, 6.07) is 0. The van der Waals surface area contributed by atoms with Crippen molar-refractivity contribution in [3.8, 4) is 0 Å². The molecule has 4 atom stereocenters. The molecular weight excluding hydrogens is 268 g/mol. The number of carbonyl (C=O) groups excluding carboxylic acids is 4. The Morgan fingerprint density at radius 1 is 0.550 bits per heavy atom. The summed E-state index contributed by atoms with van der Waals surface area (Å²) in [5.74, 6) is -7.84. The molecular formula is C12H10N2O6. The summed E-state index contributed by atoms with van der Waals surface area (Å²) in [7, 11) is 0. The van der Waals surface area contributed by atoms with Crippen LogP contribution in [0.5, 0.6) is 0 Å². The largest absolute Gasteiger partial charge is 0.400 e. The van der Waals surface area contributed by atoms with Crippen LogP contribution in [0.4, 0.5) is 0 Å². The van der Waals surface area contributed by atoms with Crippen molar-refractivity contribution in [1.29, 1.82) is 0 Å². The Balaban J connectivity index is 1.96. The minimum Gasteiger partial charge on any atom is -0.400 e. The Morgan fingerprint density at radius 2 is 0.800 bits per heavy atom. The third-order valence-corrected chi connectivity index (χ3v) is 4.86. The van der Waals surface area contributed by atoms with Crippen LogP contribution in [-0.4, -0.2) is 23.9 Å². The summed E-state index contributed by atoms with van der Waals surface area (Å²) < 4.78 is 9.28. The van der Waals surface area contributed by atoms with Gasteiger partial charge >= 0.3 is 23.9 Å². The molecule has 104 valence electrons. The number of nitrogens with two attached hydrogens (primary N) is 2. The van der Waals surface area contributed by atoms with Crippen molar-refractivity contribution < 1.29 is 28.7 Å². The lowest BCUT2D eigenvalue weighted by Crippen LogP contribution is -2.57. The highest BCUT2D eigenvalue weighted by molar-refractivity contribution is 6.03. The number of esters is 4. The monoisotopic (exact) mass is 278 g/mol. The maximum absolute atomic E-state index is 11.8. The first-order valence-electron chi connectivity index (χ1n) is 6.19. The molecule has 2 heterocycles. The van der Waals surface area contributed by atoms with E-state index in [4.69, 9.17) is 11.5 Å². The van der Waals surface area contributed by atoms with Crippen LogP contribution in [0, 0.1) is 35.5 Å². The Bertz CT molecular complexity index is 544. The molecule has 4 unspecified atom stereocenters. The third kappa shape index (κ3) is 1.01. The highest BCUT2D eigenvalue weighted by Gasteiger charge is 2.71. The van der Waals surface area contributed by atoms with Crippen molar-refractivity contribution in [2.75, 3.05) is 0 Å². The van der Waals surface area contributed by atoms with Gasteiger partial charge in [-0.2, -0.15) is 0 Å². The van der Waals surface area contributed by atoms with E-state index in [2.05, 4.69) is 9.47 Å². The SMILES string of the molecule is NC1=C(N)C2C3C(=O)OC(=O)C3C1C1C(=O)OC(=O)C12. The fraction of sp³-hybridized carbons (Fsp3) is 0.500. The Labute approximate surface area is 112 Å². The van der Waals surface area contributed by atoms with Crippen LogP contribution in [0.25, 0.3) is 0 Å². The van der Waals surface area contributed by atoms with E-state index in [1.165, 1.54) is 0 Å². The van der Waals surface area contributed by atoms with Crippen LogP contribution in [0.1, 0.15) is 0 Å². The zero-order valence-electron chi connectivity index (χ0n) is 10.1. The number of allylic oxidation sites excluding steroid dienone is 2. The van der Waals surface area contributed by atoms with Crippen molar-refractivity contribution in [3.05, 3.63) is 11.4 Å². The van der Waals surface area contributed by atoms with Gasteiger partial charge in [0, 0.05) is 23.2 Å². The zero-order valence-corrected chi connectivity index (χ0v) is 10.1. The molecule has 2 aliphatic heterocycles. The molecule has 0 aromatic heterocycles. The molecule has 0 aromatic carbocycles. The van der Waals surface area contributed by atoms with E-state index in [1.54, 1.807) is 0 Å². The topological polar surface area (TPSA) is 139 Å². The first-order chi connectivity index (χ1) is 9.43. The van der Waals surface area contributed by atoms with Gasteiger partial charge in [-0.05, 0) is 0 Å². The van der Waals surface area contributed by atoms with Gasteiger partial charge in [-0.15, -0.1) is 0 Å². The number of cyclic esters (lactones) is 4. The average molecular weight is 278 g/mol. The second kappa shape index (κ2) is 3.20. The van der Waals surface area contributed by atoms with E-state index in [1.807, 2.05) is 0 Å². The molecule has 2 bridgehead atoms. The summed E-state index contributed by atoms with van der Waals surface area (Å²) >= 11 is 0. The molecule has 20 heavy (non-hydrogen) atoms. The summed E-state index contributed by atoms with van der Waals surface area (Å²) in [6.07, 6.45) is 0. The molecule has 5 aliphatic rings. The van der Waals surface area contributed by atoms with E-state index in [9.17, 15) is 19.2 Å². The van der Waals surface area contributed by atoms with Crippen LogP contribution in [0.2, 0.25) is 0 Å². The average Bonchev–Trinajstić information content (AvgIpc) is 2.84. The van der Waals surface area contributed by atoms with E-state index >= 15 is 0 Å². The quantitative estimate of drug-likeness (QED) is 0.383. The predicted molar refractivity (Wildman–Crippen MR) is 58.5 cm³/mol. The number of ether oxygens (including phenoxy) is 2. The Kier molecular flexibility index (Phi) is 1.83. The van der Waals surface area contributed by atoms with E-state index in [-0.39, 0.29) is 11.4 Å². The third-order valence-electron chi connectivity index (χ3n) is 4.86. The number of hydrogen-bond acceptors (Lipinski definition) is 8. The Hall–Kier alpha value is -2.38. The van der Waals surface area contributed by atoms with Crippen molar-refractivity contribution in [1.82, 2.24) is 0 Å². The van der Waals surface area contributed by atoms with Gasteiger partial charge in [0.25, 0.3) is 0 Å². The lowest BCUT2D eigenvalue weighted by atomic mass is 9.52. The highest BCUT2D eigenvalue weighted by Crippen LogP contribution is 2.59. The maximum atomic E-state index is 11.8. The summed E-state index contributed by atoms with van der Waals surface area (Å²) in [5, 5.41) is 0. The molecule has 1 saturated carbocycles. The van der Waals surface area contributed by atoms with Gasteiger partial charge in [-0.25, -0.2) is 0 Å². The molecule has 8 heteroatoms. The molecule has 4 N–H and O–H groups in total. The number of hydrogen-bond donors (Lipinski definition) is 2. The first kappa shape index (κ1) is 11.4. The van der Waals surface area contributed by atoms with Gasteiger partial charge in [0.05, 0.1) is 23.7 Å². The minimum absolute atomic E-state index is 0.191. The van der Waals surface area contributed by atoms with Crippen molar-refractivity contribution in [2.45, 2.75) is 0 Å². The fourth-order valence-electron chi connectivity index (χ4n) is 4.14. The standard InChI is InChI=1S/C12H10N2O6/c13-7-1-3-5(11(17)19-9(3)15)2(8(7)14)6-4(1)10(16)20-12(6)18/h1-6H,13-14H2. The summed E-state index contributed by atoms with van der Waals surface area (Å²) in [4.78, 5) is 47.4. The smallest absolute Gasteiger partial charge is 0.318 e. The first-order valence-corrected chi connectivity index (χ1v) is 6.19. The lowest BCUT2D eigenvalue weighted by Gasteiger charge is -2.46. The van der Waals surface area contributed by atoms with Crippen LogP contribution >= 0.6 is 0 Å². The van der Waals surface area contributed by atoms with Crippen LogP contribution in [0.15, 0.2) is 11.4 Å². The fourth-order valence-corrected chi connectivity index (χ4v) is 4.14. The van der Waals surface area contributed by atoms with Gasteiger partial charge < -0.3 is 20.9 Å². The van der Waals surface area contributed by atoms with E-state index in [0.717, 1.165) is 0 Å². The van der Waals surface area contributed by atoms with Crippen LogP contribution in [0.3, 0.4) is 0 Å². The van der Waals surface area contributed by atoms with Crippen molar-refractivity contribution in [3.63, 3.8) is 0 Å². The molecule has 0 radical (unpaired) electrons. The summed E-state index contributed by atoms with van der Waals surface area (Å²) in [6.45, 7) is 0. The molecule has 3 aliphatic carbocycles. The summed E-state index contributed by atoms with van der Waals surface area (Å²) in [5.41, 5.74) is 12.2. The molecule has 0 amide bonds. The second-order valence-corrected chi connectivity index (χ2v) is 5.55. The predicted octanol–water partition coefficient (Wildman–Crippen LogP) is -1.99. The number of rotatable bonds is 0. The number of carbonyl (C=O) groups is 4. The van der Waals surface area contributed by atoms with Gasteiger partial charge in [-0.3, -0.25) is 19.2 Å². The van der Waals surface area contributed by atoms with E-state index < -0.39 is 59.4 Å². The van der Waals surface area contributed by atoms with Crippen molar-refractivity contribution in [2.24, 2.45) is 47.0 Å². The van der Waals surface area contributed by atoms with Gasteiger partial charge in [0.2, 0.25) is 0 Å². The zero-order chi connectivity index (χ0) is 14.3. The van der Waals surface area contributed by atoms with Gasteiger partial charge in [-0.1, -0.05) is 0 Å². The van der Waals surface area contributed by atoms with E-state index in [0.29, 0.717) is 0 Å². The van der Waals surface area contributed by atoms with Crippen LogP contribution in [-0.2, 0) is 28.7 Å². The molecule has 0 spiro atoms. The molecule has 3 fully saturated rings. The maximum Gasteiger partial charge on any atom is 0.318 e. The molecule has 0 aromatic rings. The lowest BCUT2D eigenvalue weighted by molar-refractivity contribution is -0.154. The second-order valence-electron chi connectivity index (χ2n) is 5.55. The Morgan fingerprint density at radius 3 is 1.05 bits per heavy atom. The highest BCUT2D eigenvalue weighted by atomic mass is 16.6.